The first-order chi connectivity index (χ1) is 14.1. The van der Waals surface area contributed by atoms with E-state index in [0.29, 0.717) is 11.1 Å². The van der Waals surface area contributed by atoms with Gasteiger partial charge in [-0.3, -0.25) is 4.79 Å². The molecule has 158 valence electrons. The van der Waals surface area contributed by atoms with Gasteiger partial charge in [-0.15, -0.1) is 10.2 Å². The second-order valence-corrected chi connectivity index (χ2v) is 6.35. The van der Waals surface area contributed by atoms with Gasteiger partial charge in [0.15, 0.2) is 5.75 Å². The topological polar surface area (TPSA) is 94.3 Å². The van der Waals surface area contributed by atoms with E-state index in [1.165, 1.54) is 6.07 Å². The van der Waals surface area contributed by atoms with Crippen LogP contribution in [0.15, 0.2) is 95.2 Å². The molecule has 0 atom stereocenters. The number of hydrogen-bond acceptors (Lipinski definition) is 5. The number of phenols is 2. The molecule has 6 nitrogen and oxygen atoms in total. The molecule has 0 radical (unpaired) electrons. The SMILES string of the molecule is O=C(Nc1ccccc1)c1cc2ccccc2c(N=Nc2ccccc2O)c1O.[CH3-].[Fe]. The number of aromatic hydroxyl groups is 2. The largest absolute Gasteiger partial charge is 0.506 e. The number of amides is 1. The van der Waals surface area contributed by atoms with Crippen LogP contribution in [0.3, 0.4) is 0 Å². The number of phenolic OH excluding ortho intramolecular Hbond substituents is 2. The number of carbonyl (C=O) groups is 1. The molecular weight excluding hydrogens is 434 g/mol. The summed E-state index contributed by atoms with van der Waals surface area (Å²) >= 11 is 0. The van der Waals surface area contributed by atoms with Gasteiger partial charge in [0.25, 0.3) is 5.91 Å². The summed E-state index contributed by atoms with van der Waals surface area (Å²) in [5.74, 6) is -0.771. The molecule has 7 heteroatoms. The number of nitrogens with one attached hydrogen (secondary N) is 1. The number of nitrogens with zero attached hydrogens (tertiary/aromatic N) is 2. The molecule has 0 heterocycles. The molecule has 4 aromatic carbocycles. The number of benzene rings is 4. The van der Waals surface area contributed by atoms with Crippen molar-refractivity contribution in [1.82, 2.24) is 0 Å². The monoisotopic (exact) mass is 454 g/mol. The first-order valence-corrected chi connectivity index (χ1v) is 8.94. The van der Waals surface area contributed by atoms with Crippen LogP contribution >= 0.6 is 0 Å². The van der Waals surface area contributed by atoms with Gasteiger partial charge in [-0.1, -0.05) is 54.6 Å². The zero-order chi connectivity index (χ0) is 20.2. The molecule has 4 rings (SSSR count). The number of anilines is 1. The fourth-order valence-corrected chi connectivity index (χ4v) is 2.96. The summed E-state index contributed by atoms with van der Waals surface area (Å²) in [4.78, 5) is 12.8. The van der Waals surface area contributed by atoms with Crippen molar-refractivity contribution in [3.63, 3.8) is 0 Å². The third-order valence-corrected chi connectivity index (χ3v) is 4.41. The van der Waals surface area contributed by atoms with Crippen LogP contribution in [0.1, 0.15) is 10.4 Å². The average molecular weight is 454 g/mol. The quantitative estimate of drug-likeness (QED) is 0.190. The molecule has 0 fully saturated rings. The Morgan fingerprint density at radius 3 is 2.19 bits per heavy atom. The van der Waals surface area contributed by atoms with Crippen LogP contribution in [0.4, 0.5) is 17.1 Å². The Morgan fingerprint density at radius 2 is 1.45 bits per heavy atom. The maximum absolute atomic E-state index is 12.8. The summed E-state index contributed by atoms with van der Waals surface area (Å²) in [6.45, 7) is 0. The Balaban J connectivity index is 0.00000171. The number of hydrogen-bond donors (Lipinski definition) is 3. The average Bonchev–Trinajstić information content (AvgIpc) is 2.74. The summed E-state index contributed by atoms with van der Waals surface area (Å²) < 4.78 is 0. The van der Waals surface area contributed by atoms with Crippen LogP contribution in [-0.2, 0) is 17.1 Å². The van der Waals surface area contributed by atoms with Gasteiger partial charge in [0.05, 0.1) is 5.56 Å². The van der Waals surface area contributed by atoms with Gasteiger partial charge in [0, 0.05) is 28.1 Å². The molecule has 0 spiro atoms. The molecule has 31 heavy (non-hydrogen) atoms. The van der Waals surface area contributed by atoms with E-state index in [9.17, 15) is 15.0 Å². The van der Waals surface area contributed by atoms with Crippen molar-refractivity contribution < 1.29 is 32.1 Å². The molecular formula is C24H20FeN3O3-. The Morgan fingerprint density at radius 1 is 0.806 bits per heavy atom. The second kappa shape index (κ2) is 10.4. The van der Waals surface area contributed by atoms with E-state index >= 15 is 0 Å². The van der Waals surface area contributed by atoms with E-state index in [0.717, 1.165) is 5.39 Å². The molecule has 0 aromatic heterocycles. The number of rotatable bonds is 4. The van der Waals surface area contributed by atoms with Gasteiger partial charge in [-0.25, -0.2) is 0 Å². The van der Waals surface area contributed by atoms with Gasteiger partial charge >= 0.3 is 0 Å². The van der Waals surface area contributed by atoms with Crippen molar-refractivity contribution in [2.75, 3.05) is 5.32 Å². The number of fused-ring (bicyclic) bond motifs is 1. The first-order valence-electron chi connectivity index (χ1n) is 8.94. The maximum atomic E-state index is 12.8. The molecule has 0 unspecified atom stereocenters. The standard InChI is InChI=1S/C23H17N3O3.CH3.Fe/c27-20-13-7-6-12-19(20)25-26-21-17-11-5-4-8-15(17)14-18(22(21)28)23(29)24-16-9-2-1-3-10-16;;/h1-14,27-28H,(H,24,29);1H3;/q;-1;. The van der Waals surface area contributed by atoms with Crippen LogP contribution < -0.4 is 5.32 Å². The molecule has 0 bridgehead atoms. The summed E-state index contributed by atoms with van der Waals surface area (Å²) in [5, 5.41) is 33.0. The molecule has 1 amide bonds. The van der Waals surface area contributed by atoms with Crippen molar-refractivity contribution in [1.29, 1.82) is 0 Å². The van der Waals surface area contributed by atoms with Crippen molar-refractivity contribution in [2.24, 2.45) is 10.2 Å². The Bertz CT molecular complexity index is 1230. The zero-order valence-corrected chi connectivity index (χ0v) is 17.7. The minimum Gasteiger partial charge on any atom is -0.506 e. The number of para-hydroxylation sites is 2. The van der Waals surface area contributed by atoms with Gasteiger partial charge in [-0.2, -0.15) is 0 Å². The van der Waals surface area contributed by atoms with Crippen LogP contribution in [0.2, 0.25) is 0 Å². The van der Waals surface area contributed by atoms with E-state index < -0.39 is 5.91 Å². The number of carbonyl (C=O) groups excluding carboxylic acids is 1. The predicted octanol–water partition coefficient (Wildman–Crippen LogP) is 6.37. The summed E-state index contributed by atoms with van der Waals surface area (Å²) in [5.41, 5.74) is 1.11. The third kappa shape index (κ3) is 5.09. The first kappa shape index (κ1) is 23.6. The van der Waals surface area contributed by atoms with Crippen molar-refractivity contribution in [3.8, 4) is 11.5 Å². The van der Waals surface area contributed by atoms with E-state index in [-0.39, 0.29) is 52.9 Å². The van der Waals surface area contributed by atoms with Crippen LogP contribution in [-0.4, -0.2) is 16.1 Å². The normalized spacial score (nSPS) is 10.3. The van der Waals surface area contributed by atoms with Gasteiger partial charge in [-0.05, 0) is 35.7 Å². The van der Waals surface area contributed by atoms with Crippen molar-refractivity contribution >= 4 is 33.7 Å². The van der Waals surface area contributed by atoms with Crippen LogP contribution in [0.25, 0.3) is 10.8 Å². The van der Waals surface area contributed by atoms with Gasteiger partial charge in [0.1, 0.15) is 17.1 Å². The van der Waals surface area contributed by atoms with E-state index in [4.69, 9.17) is 0 Å². The molecule has 4 aromatic rings. The maximum Gasteiger partial charge on any atom is 0.259 e. The van der Waals surface area contributed by atoms with Crippen molar-refractivity contribution in [3.05, 3.63) is 97.9 Å². The molecule has 0 saturated heterocycles. The predicted molar refractivity (Wildman–Crippen MR) is 119 cm³/mol. The molecule has 0 saturated carbocycles. The Labute approximate surface area is 190 Å². The Kier molecular flexibility index (Phi) is 7.91. The Hall–Kier alpha value is -3.67. The number of azo groups is 1. The fourth-order valence-electron chi connectivity index (χ4n) is 2.96. The molecule has 0 aliphatic carbocycles. The van der Waals surface area contributed by atoms with E-state index in [1.807, 2.05) is 36.4 Å². The van der Waals surface area contributed by atoms with Crippen LogP contribution in [0, 0.1) is 7.43 Å². The minimum atomic E-state index is -0.460. The third-order valence-electron chi connectivity index (χ3n) is 4.41. The van der Waals surface area contributed by atoms with Gasteiger partial charge < -0.3 is 23.0 Å². The summed E-state index contributed by atoms with van der Waals surface area (Å²) in [6.07, 6.45) is 0. The summed E-state index contributed by atoms with van der Waals surface area (Å²) in [7, 11) is 0. The molecule has 0 aliphatic rings. The molecule has 0 aliphatic heterocycles. The molecule has 3 N–H and O–H groups in total. The summed E-state index contributed by atoms with van der Waals surface area (Å²) in [6, 6.07) is 24.3. The minimum absolute atomic E-state index is 0. The fraction of sp³-hybridized carbons (Fsp3) is 0. The zero-order valence-electron chi connectivity index (χ0n) is 16.6. The smallest absolute Gasteiger partial charge is 0.259 e. The second-order valence-electron chi connectivity index (χ2n) is 6.35. The van der Waals surface area contributed by atoms with Crippen LogP contribution in [0.5, 0.6) is 11.5 Å². The van der Waals surface area contributed by atoms with E-state index in [2.05, 4.69) is 15.5 Å². The van der Waals surface area contributed by atoms with Crippen molar-refractivity contribution in [2.45, 2.75) is 0 Å². The van der Waals surface area contributed by atoms with Gasteiger partial charge in [0.2, 0.25) is 0 Å². The van der Waals surface area contributed by atoms with E-state index in [1.54, 1.807) is 42.5 Å².